The van der Waals surface area contributed by atoms with Gasteiger partial charge in [0.1, 0.15) is 0 Å². The van der Waals surface area contributed by atoms with Crippen LogP contribution in [0.25, 0.3) is 0 Å². The van der Waals surface area contributed by atoms with Crippen LogP contribution in [0, 0.1) is 4.77 Å². The molecule has 3 N–H and O–H groups in total. The average Bonchev–Trinajstić information content (AvgIpc) is 2.35. The summed E-state index contributed by atoms with van der Waals surface area (Å²) < 4.78 is 7.20. The number of aromatic amines is 1. The van der Waals surface area contributed by atoms with E-state index < -0.39 is 0 Å². The van der Waals surface area contributed by atoms with Crippen LogP contribution in [0.3, 0.4) is 0 Å². The molecule has 0 aromatic carbocycles. The Labute approximate surface area is 75.5 Å². The summed E-state index contributed by atoms with van der Waals surface area (Å²) >= 11 is 4.95. The number of ether oxygens (including phenoxy) is 1. The maximum absolute atomic E-state index is 5.54. The molecule has 1 rings (SSSR count). The number of nitrogens with one attached hydrogen (secondary N) is 1. The quantitative estimate of drug-likeness (QED) is 0.535. The highest BCUT2D eigenvalue weighted by atomic mass is 32.1. The summed E-state index contributed by atoms with van der Waals surface area (Å²) in [5, 5.41) is 6.39. The van der Waals surface area contributed by atoms with Gasteiger partial charge in [-0.15, -0.1) is 5.10 Å². The largest absolute Gasteiger partial charge is 0.385 e. The molecule has 0 unspecified atom stereocenters. The number of hydrogen-bond acceptors (Lipinski definition) is 4. The van der Waals surface area contributed by atoms with Gasteiger partial charge in [0.2, 0.25) is 5.95 Å². The molecule has 0 bridgehead atoms. The van der Waals surface area contributed by atoms with Crippen molar-refractivity contribution in [3.05, 3.63) is 4.77 Å². The van der Waals surface area contributed by atoms with Crippen LogP contribution in [0.2, 0.25) is 0 Å². The van der Waals surface area contributed by atoms with Gasteiger partial charge in [-0.1, -0.05) is 0 Å². The van der Waals surface area contributed by atoms with Crippen molar-refractivity contribution in [2.75, 3.05) is 19.5 Å². The van der Waals surface area contributed by atoms with Crippen molar-refractivity contribution in [3.8, 4) is 0 Å². The third-order valence-electron chi connectivity index (χ3n) is 1.52. The van der Waals surface area contributed by atoms with E-state index >= 15 is 0 Å². The fourth-order valence-electron chi connectivity index (χ4n) is 0.913. The molecule has 0 atom stereocenters. The lowest BCUT2D eigenvalue weighted by atomic mass is 10.4. The minimum absolute atomic E-state index is 0.427. The zero-order valence-corrected chi connectivity index (χ0v) is 7.73. The number of nitrogen functional groups attached to an aromatic ring is 1. The number of anilines is 1. The first-order valence-corrected chi connectivity index (χ1v) is 4.06. The third-order valence-corrected chi connectivity index (χ3v) is 1.83. The Kier molecular flexibility index (Phi) is 3.24. The number of nitrogens with zero attached hydrogens (tertiary/aromatic N) is 2. The van der Waals surface area contributed by atoms with E-state index in [-0.39, 0.29) is 0 Å². The zero-order valence-electron chi connectivity index (χ0n) is 6.91. The van der Waals surface area contributed by atoms with Crippen LogP contribution >= 0.6 is 12.2 Å². The molecule has 1 aromatic rings. The summed E-state index contributed by atoms with van der Waals surface area (Å²) in [6.07, 6.45) is 0.883. The van der Waals surface area contributed by atoms with E-state index in [4.69, 9.17) is 22.7 Å². The molecule has 68 valence electrons. The summed E-state index contributed by atoms with van der Waals surface area (Å²) in [6.45, 7) is 1.45. The van der Waals surface area contributed by atoms with Gasteiger partial charge in [0.15, 0.2) is 4.77 Å². The van der Waals surface area contributed by atoms with Crippen LogP contribution in [-0.4, -0.2) is 28.5 Å². The second-order valence-corrected chi connectivity index (χ2v) is 2.77. The van der Waals surface area contributed by atoms with Crippen molar-refractivity contribution in [1.82, 2.24) is 14.8 Å². The standard InChI is InChI=1S/C6H12N4OS/c1-11-4-2-3-10-5(7)8-9-6(10)12/h2-4H2,1H3,(H2,7,8)(H,9,12). The van der Waals surface area contributed by atoms with E-state index in [0.717, 1.165) is 13.0 Å². The first-order chi connectivity index (χ1) is 5.75. The molecule has 0 aliphatic heterocycles. The molecule has 0 fully saturated rings. The van der Waals surface area contributed by atoms with Gasteiger partial charge >= 0.3 is 0 Å². The van der Waals surface area contributed by atoms with Gasteiger partial charge < -0.3 is 10.5 Å². The van der Waals surface area contributed by atoms with Gasteiger partial charge in [0.05, 0.1) is 0 Å². The minimum atomic E-state index is 0.427. The number of methoxy groups -OCH3 is 1. The zero-order chi connectivity index (χ0) is 8.97. The maximum Gasteiger partial charge on any atom is 0.220 e. The summed E-state index contributed by atoms with van der Waals surface area (Å²) in [5.41, 5.74) is 5.54. The number of H-pyrrole nitrogens is 1. The van der Waals surface area contributed by atoms with E-state index in [1.807, 2.05) is 0 Å². The van der Waals surface area contributed by atoms with Crippen molar-refractivity contribution >= 4 is 18.2 Å². The lowest BCUT2D eigenvalue weighted by molar-refractivity contribution is 0.190. The fraction of sp³-hybridized carbons (Fsp3) is 0.667. The third kappa shape index (κ3) is 2.05. The Morgan fingerprint density at radius 1 is 1.75 bits per heavy atom. The second-order valence-electron chi connectivity index (χ2n) is 2.38. The van der Waals surface area contributed by atoms with Crippen molar-refractivity contribution in [2.24, 2.45) is 0 Å². The lowest BCUT2D eigenvalue weighted by Crippen LogP contribution is -2.05. The van der Waals surface area contributed by atoms with E-state index in [2.05, 4.69) is 10.2 Å². The Morgan fingerprint density at radius 2 is 2.50 bits per heavy atom. The van der Waals surface area contributed by atoms with Crippen molar-refractivity contribution in [2.45, 2.75) is 13.0 Å². The lowest BCUT2D eigenvalue weighted by Gasteiger charge is -2.01. The van der Waals surface area contributed by atoms with Crippen LogP contribution < -0.4 is 5.73 Å². The molecular formula is C6H12N4OS. The molecule has 0 amide bonds. The van der Waals surface area contributed by atoms with Crippen molar-refractivity contribution in [3.63, 3.8) is 0 Å². The van der Waals surface area contributed by atoms with Crippen LogP contribution in [0.4, 0.5) is 5.95 Å². The molecule has 6 heteroatoms. The van der Waals surface area contributed by atoms with Crippen LogP contribution in [-0.2, 0) is 11.3 Å². The van der Waals surface area contributed by atoms with E-state index in [0.29, 0.717) is 17.3 Å². The predicted octanol–water partition coefficient (Wildman–Crippen LogP) is 0.559. The Morgan fingerprint density at radius 3 is 3.00 bits per heavy atom. The highest BCUT2D eigenvalue weighted by Gasteiger charge is 1.99. The predicted molar refractivity (Wildman–Crippen MR) is 48.3 cm³/mol. The van der Waals surface area contributed by atoms with Gasteiger partial charge in [-0.25, -0.2) is 5.10 Å². The van der Waals surface area contributed by atoms with E-state index in [1.54, 1.807) is 11.7 Å². The Hall–Kier alpha value is -0.880. The summed E-state index contributed by atoms with van der Waals surface area (Å²) in [5.74, 6) is 0.427. The average molecular weight is 188 g/mol. The van der Waals surface area contributed by atoms with Crippen molar-refractivity contribution < 1.29 is 4.74 Å². The van der Waals surface area contributed by atoms with Gasteiger partial charge in [-0.3, -0.25) is 4.57 Å². The first kappa shape index (κ1) is 9.21. The SMILES string of the molecule is COCCCn1c(N)n[nH]c1=S. The van der Waals surface area contributed by atoms with Gasteiger partial charge in [0.25, 0.3) is 0 Å². The molecule has 5 nitrogen and oxygen atoms in total. The number of aromatic nitrogens is 3. The van der Waals surface area contributed by atoms with Crippen LogP contribution in [0.1, 0.15) is 6.42 Å². The summed E-state index contributed by atoms with van der Waals surface area (Å²) in [6, 6.07) is 0. The van der Waals surface area contributed by atoms with E-state index in [1.165, 1.54) is 0 Å². The minimum Gasteiger partial charge on any atom is -0.385 e. The number of nitrogens with two attached hydrogens (primary N) is 1. The topological polar surface area (TPSA) is 68.9 Å². The second kappa shape index (κ2) is 4.22. The molecule has 1 heterocycles. The molecule has 0 saturated carbocycles. The highest BCUT2D eigenvalue weighted by molar-refractivity contribution is 7.71. The molecule has 0 radical (unpaired) electrons. The normalized spacial score (nSPS) is 10.4. The fourth-order valence-corrected chi connectivity index (χ4v) is 1.14. The van der Waals surface area contributed by atoms with Gasteiger partial charge in [-0.05, 0) is 18.6 Å². The number of rotatable bonds is 4. The first-order valence-electron chi connectivity index (χ1n) is 3.65. The number of hydrogen-bond donors (Lipinski definition) is 2. The van der Waals surface area contributed by atoms with E-state index in [9.17, 15) is 0 Å². The molecule has 0 aliphatic carbocycles. The van der Waals surface area contributed by atoms with Crippen LogP contribution in [0.5, 0.6) is 0 Å². The monoisotopic (exact) mass is 188 g/mol. The molecule has 0 spiro atoms. The molecule has 0 saturated heterocycles. The molecule has 0 aliphatic rings. The highest BCUT2D eigenvalue weighted by Crippen LogP contribution is 2.00. The Bertz CT molecular complexity index is 292. The van der Waals surface area contributed by atoms with Gasteiger partial charge in [-0.2, -0.15) is 0 Å². The summed E-state index contributed by atoms with van der Waals surface area (Å²) in [7, 11) is 1.66. The van der Waals surface area contributed by atoms with Gasteiger partial charge in [0, 0.05) is 20.3 Å². The van der Waals surface area contributed by atoms with Crippen molar-refractivity contribution in [1.29, 1.82) is 0 Å². The summed E-state index contributed by atoms with van der Waals surface area (Å²) in [4.78, 5) is 0. The Balaban J connectivity index is 2.56. The van der Waals surface area contributed by atoms with Crippen LogP contribution in [0.15, 0.2) is 0 Å². The molecule has 1 aromatic heterocycles. The maximum atomic E-state index is 5.54. The molecular weight excluding hydrogens is 176 g/mol. The molecule has 12 heavy (non-hydrogen) atoms. The smallest absolute Gasteiger partial charge is 0.220 e.